The molecule has 0 radical (unpaired) electrons. The maximum absolute atomic E-state index is 12.8. The van der Waals surface area contributed by atoms with Gasteiger partial charge in [-0.2, -0.15) is 5.10 Å². The summed E-state index contributed by atoms with van der Waals surface area (Å²) in [5, 5.41) is 7.40. The van der Waals surface area contributed by atoms with Crippen LogP contribution in [0.3, 0.4) is 0 Å². The first kappa shape index (κ1) is 16.4. The molecule has 0 bridgehead atoms. The van der Waals surface area contributed by atoms with Crippen LogP contribution >= 0.6 is 0 Å². The minimum Gasteiger partial charge on any atom is -0.488 e. The Hall–Kier alpha value is -3.08. The molecule has 0 fully saturated rings. The molecular formula is C21H21N3O2. The Morgan fingerprint density at radius 2 is 1.88 bits per heavy atom. The van der Waals surface area contributed by atoms with E-state index in [9.17, 15) is 4.79 Å². The quantitative estimate of drug-likeness (QED) is 0.766. The van der Waals surface area contributed by atoms with Crippen molar-refractivity contribution < 1.29 is 9.53 Å². The van der Waals surface area contributed by atoms with E-state index in [-0.39, 0.29) is 5.91 Å². The van der Waals surface area contributed by atoms with E-state index >= 15 is 0 Å². The number of fused-ring (bicyclic) bond motifs is 3. The zero-order valence-electron chi connectivity index (χ0n) is 15.1. The number of benzene rings is 2. The summed E-state index contributed by atoms with van der Waals surface area (Å²) in [5.41, 5.74) is 5.13. The van der Waals surface area contributed by atoms with Gasteiger partial charge in [0.2, 0.25) is 0 Å². The Morgan fingerprint density at radius 3 is 2.62 bits per heavy atom. The molecule has 2 heterocycles. The van der Waals surface area contributed by atoms with Gasteiger partial charge in [-0.15, -0.1) is 0 Å². The van der Waals surface area contributed by atoms with E-state index in [2.05, 4.69) is 24.3 Å². The van der Waals surface area contributed by atoms with Gasteiger partial charge in [0.05, 0.1) is 5.69 Å². The van der Waals surface area contributed by atoms with E-state index in [1.54, 1.807) is 4.68 Å². The Balaban J connectivity index is 1.64. The highest BCUT2D eigenvalue weighted by Crippen LogP contribution is 2.38. The van der Waals surface area contributed by atoms with Crippen molar-refractivity contribution in [3.63, 3.8) is 0 Å². The first-order valence-electron chi connectivity index (χ1n) is 8.74. The lowest BCUT2D eigenvalue weighted by Gasteiger charge is -2.18. The Morgan fingerprint density at radius 1 is 1.15 bits per heavy atom. The number of ether oxygens (including phenoxy) is 1. The number of amides is 1. The van der Waals surface area contributed by atoms with Gasteiger partial charge in [0, 0.05) is 23.9 Å². The second-order valence-corrected chi connectivity index (χ2v) is 6.82. The van der Waals surface area contributed by atoms with Gasteiger partial charge in [-0.1, -0.05) is 38.1 Å². The summed E-state index contributed by atoms with van der Waals surface area (Å²) in [6.45, 7) is 4.63. The molecule has 5 nitrogen and oxygen atoms in total. The molecule has 0 saturated heterocycles. The van der Waals surface area contributed by atoms with Crippen molar-refractivity contribution in [2.45, 2.75) is 26.4 Å². The molecule has 0 atom stereocenters. The number of hydrogen-bond acceptors (Lipinski definition) is 3. The fraction of sp³-hybridized carbons (Fsp3) is 0.238. The van der Waals surface area contributed by atoms with Crippen molar-refractivity contribution in [2.75, 3.05) is 5.32 Å². The lowest BCUT2D eigenvalue weighted by atomic mass is 10.0. The van der Waals surface area contributed by atoms with Crippen molar-refractivity contribution in [3.05, 3.63) is 65.4 Å². The molecule has 3 aromatic rings. The topological polar surface area (TPSA) is 56.2 Å². The summed E-state index contributed by atoms with van der Waals surface area (Å²) in [6, 6.07) is 15.7. The normalized spacial score (nSPS) is 12.3. The highest BCUT2D eigenvalue weighted by atomic mass is 16.5. The molecule has 5 heteroatoms. The first-order valence-corrected chi connectivity index (χ1v) is 8.74. The van der Waals surface area contributed by atoms with Crippen molar-refractivity contribution in [1.82, 2.24) is 9.78 Å². The number of aromatic nitrogens is 2. The van der Waals surface area contributed by atoms with Gasteiger partial charge >= 0.3 is 0 Å². The lowest BCUT2D eigenvalue weighted by Crippen LogP contribution is -2.16. The van der Waals surface area contributed by atoms with Gasteiger partial charge in [0.1, 0.15) is 12.4 Å². The van der Waals surface area contributed by atoms with Crippen LogP contribution in [0.15, 0.2) is 48.5 Å². The highest BCUT2D eigenvalue weighted by Gasteiger charge is 2.28. The smallest absolute Gasteiger partial charge is 0.276 e. The molecule has 1 aliphatic rings. The molecule has 0 aliphatic carbocycles. The number of nitrogens with zero attached hydrogens (tertiary/aromatic N) is 2. The van der Waals surface area contributed by atoms with Gasteiger partial charge in [0.15, 0.2) is 5.69 Å². The van der Waals surface area contributed by atoms with Crippen LogP contribution in [0.4, 0.5) is 5.69 Å². The Kier molecular flexibility index (Phi) is 3.99. The van der Waals surface area contributed by atoms with Crippen molar-refractivity contribution >= 4 is 11.6 Å². The number of hydrogen-bond donors (Lipinski definition) is 1. The Bertz CT molecular complexity index is 971. The number of para-hydroxylation sites is 1. The van der Waals surface area contributed by atoms with E-state index in [4.69, 9.17) is 4.74 Å². The molecule has 1 aromatic heterocycles. The van der Waals surface area contributed by atoms with Gasteiger partial charge in [-0.3, -0.25) is 9.48 Å². The molecule has 132 valence electrons. The van der Waals surface area contributed by atoms with Gasteiger partial charge < -0.3 is 10.1 Å². The van der Waals surface area contributed by atoms with E-state index in [0.717, 1.165) is 28.3 Å². The zero-order valence-corrected chi connectivity index (χ0v) is 15.1. The largest absolute Gasteiger partial charge is 0.488 e. The zero-order chi connectivity index (χ0) is 18.3. The summed E-state index contributed by atoms with van der Waals surface area (Å²) in [5.74, 6) is 1.06. The number of anilines is 1. The predicted octanol–water partition coefficient (Wildman–Crippen LogP) is 4.36. The number of aryl methyl sites for hydroxylation is 1. The van der Waals surface area contributed by atoms with E-state index in [1.807, 2.05) is 55.6 Å². The second-order valence-electron chi connectivity index (χ2n) is 6.82. The molecule has 1 N–H and O–H groups in total. The van der Waals surface area contributed by atoms with Crippen molar-refractivity contribution in [3.8, 4) is 17.0 Å². The summed E-state index contributed by atoms with van der Waals surface area (Å²) in [7, 11) is 1.86. The fourth-order valence-corrected chi connectivity index (χ4v) is 3.30. The molecule has 4 rings (SSSR count). The monoisotopic (exact) mass is 347 g/mol. The minimum absolute atomic E-state index is 0.220. The summed E-state index contributed by atoms with van der Waals surface area (Å²) in [6.07, 6.45) is 0. The van der Waals surface area contributed by atoms with Crippen LogP contribution in [-0.4, -0.2) is 15.7 Å². The van der Waals surface area contributed by atoms with Gasteiger partial charge in [-0.25, -0.2) is 0 Å². The van der Waals surface area contributed by atoms with Gasteiger partial charge in [0.25, 0.3) is 5.91 Å². The van der Waals surface area contributed by atoms with E-state index < -0.39 is 0 Å². The number of rotatable bonds is 3. The van der Waals surface area contributed by atoms with Crippen LogP contribution in [0.2, 0.25) is 0 Å². The minimum atomic E-state index is -0.220. The summed E-state index contributed by atoms with van der Waals surface area (Å²) >= 11 is 0. The van der Waals surface area contributed by atoms with E-state index in [1.165, 1.54) is 5.56 Å². The van der Waals surface area contributed by atoms with Crippen LogP contribution in [0.25, 0.3) is 11.3 Å². The van der Waals surface area contributed by atoms with Crippen LogP contribution in [0.5, 0.6) is 5.75 Å². The van der Waals surface area contributed by atoms with Crippen LogP contribution in [0, 0.1) is 0 Å². The Labute approximate surface area is 152 Å². The lowest BCUT2D eigenvalue weighted by molar-refractivity contribution is 0.101. The third kappa shape index (κ3) is 2.75. The standard InChI is InChI=1S/C21H21N3O2/c1-13(2)14-8-10-15(11-9-14)22-21(25)19-17-12-26-18-7-5-4-6-16(18)20(17)24(3)23-19/h4-11,13H,12H2,1-3H3,(H,22,25). The van der Waals surface area contributed by atoms with E-state index in [0.29, 0.717) is 18.2 Å². The van der Waals surface area contributed by atoms with Crippen molar-refractivity contribution in [2.24, 2.45) is 7.05 Å². The third-order valence-electron chi connectivity index (χ3n) is 4.71. The number of nitrogens with one attached hydrogen (secondary N) is 1. The second kappa shape index (κ2) is 6.33. The molecular weight excluding hydrogens is 326 g/mol. The maximum atomic E-state index is 12.8. The van der Waals surface area contributed by atoms with Crippen LogP contribution in [-0.2, 0) is 13.7 Å². The molecule has 2 aromatic carbocycles. The molecule has 0 unspecified atom stereocenters. The van der Waals surface area contributed by atoms with Crippen molar-refractivity contribution in [1.29, 1.82) is 0 Å². The van der Waals surface area contributed by atoms with Crippen LogP contribution < -0.4 is 10.1 Å². The molecule has 0 spiro atoms. The highest BCUT2D eigenvalue weighted by molar-refractivity contribution is 6.05. The average Bonchev–Trinajstić information content (AvgIpc) is 2.99. The third-order valence-corrected chi connectivity index (χ3v) is 4.71. The molecule has 1 aliphatic heterocycles. The fourth-order valence-electron chi connectivity index (χ4n) is 3.30. The summed E-state index contributed by atoms with van der Waals surface area (Å²) < 4.78 is 7.57. The van der Waals surface area contributed by atoms with Gasteiger partial charge in [-0.05, 0) is 35.7 Å². The molecule has 26 heavy (non-hydrogen) atoms. The summed E-state index contributed by atoms with van der Waals surface area (Å²) in [4.78, 5) is 12.8. The maximum Gasteiger partial charge on any atom is 0.276 e. The predicted molar refractivity (Wildman–Crippen MR) is 101 cm³/mol. The first-order chi connectivity index (χ1) is 12.5. The molecule has 1 amide bonds. The SMILES string of the molecule is CC(C)c1ccc(NC(=O)c2nn(C)c3c2COc2ccccc2-3)cc1. The number of carbonyl (C=O) groups excluding carboxylic acids is 1. The number of carbonyl (C=O) groups is 1. The average molecular weight is 347 g/mol. The molecule has 0 saturated carbocycles. The van der Waals surface area contributed by atoms with Crippen LogP contribution in [0.1, 0.15) is 41.4 Å².